The minimum atomic E-state index is -0.405. The van der Waals surface area contributed by atoms with Crippen LogP contribution in [0.1, 0.15) is 23.7 Å². The molecule has 0 aliphatic carbocycles. The van der Waals surface area contributed by atoms with Crippen LogP contribution in [0.4, 0.5) is 11.4 Å². The van der Waals surface area contributed by atoms with Gasteiger partial charge in [-0.2, -0.15) is 0 Å². The van der Waals surface area contributed by atoms with Crippen LogP contribution < -0.4 is 10.6 Å². The van der Waals surface area contributed by atoms with Crippen molar-refractivity contribution < 1.29 is 14.3 Å². The summed E-state index contributed by atoms with van der Waals surface area (Å²) in [6, 6.07) is 3.26. The van der Waals surface area contributed by atoms with Crippen LogP contribution in [0.15, 0.2) is 12.1 Å². The molecule has 0 amide bonds. The molecule has 1 atom stereocenters. The minimum absolute atomic E-state index is 0.152. The van der Waals surface area contributed by atoms with Gasteiger partial charge in [0.15, 0.2) is 0 Å². The van der Waals surface area contributed by atoms with Crippen molar-refractivity contribution in [2.45, 2.75) is 19.4 Å². The molecule has 0 saturated carbocycles. The number of rotatable bonds is 4. The Labute approximate surface area is 123 Å². The largest absolute Gasteiger partial charge is 0.462 e. The molecule has 1 saturated heterocycles. The lowest BCUT2D eigenvalue weighted by atomic mass is 10.1. The lowest BCUT2D eigenvalue weighted by molar-refractivity contribution is 0.0527. The number of esters is 1. The summed E-state index contributed by atoms with van der Waals surface area (Å²) in [6.07, 6.45) is 1.05. The summed E-state index contributed by atoms with van der Waals surface area (Å²) in [5.74, 6) is -0.405. The topological polar surface area (TPSA) is 64.8 Å². The molecule has 1 aromatic rings. The fourth-order valence-electron chi connectivity index (χ4n) is 2.43. The van der Waals surface area contributed by atoms with E-state index in [0.29, 0.717) is 35.1 Å². The van der Waals surface area contributed by atoms with Crippen molar-refractivity contribution in [2.24, 2.45) is 0 Å². The van der Waals surface area contributed by atoms with Gasteiger partial charge in [-0.15, -0.1) is 0 Å². The summed E-state index contributed by atoms with van der Waals surface area (Å²) in [5.41, 5.74) is 7.32. The Kier molecular flexibility index (Phi) is 4.73. The molecule has 1 aliphatic heterocycles. The zero-order valence-corrected chi connectivity index (χ0v) is 12.4. The minimum Gasteiger partial charge on any atom is -0.462 e. The highest BCUT2D eigenvalue weighted by molar-refractivity contribution is 6.34. The SMILES string of the molecule is CCOC(=O)c1cc(N)cc(Cl)c1N1CCC(OC)C1. The van der Waals surface area contributed by atoms with Gasteiger partial charge in [-0.05, 0) is 25.5 Å². The number of hydrogen-bond acceptors (Lipinski definition) is 5. The fraction of sp³-hybridized carbons (Fsp3) is 0.500. The molecule has 0 spiro atoms. The molecule has 6 heteroatoms. The molecule has 0 bridgehead atoms. The maximum absolute atomic E-state index is 12.1. The van der Waals surface area contributed by atoms with E-state index < -0.39 is 5.97 Å². The second-order valence-corrected chi connectivity index (χ2v) is 5.12. The van der Waals surface area contributed by atoms with E-state index in [1.807, 2.05) is 4.90 Å². The third-order valence-electron chi connectivity index (χ3n) is 3.38. The van der Waals surface area contributed by atoms with Crippen LogP contribution in [0.2, 0.25) is 5.02 Å². The first-order valence-corrected chi connectivity index (χ1v) is 6.98. The van der Waals surface area contributed by atoms with Crippen LogP contribution in [0, 0.1) is 0 Å². The highest BCUT2D eigenvalue weighted by atomic mass is 35.5. The summed E-state index contributed by atoms with van der Waals surface area (Å²) in [7, 11) is 1.69. The van der Waals surface area contributed by atoms with E-state index in [4.69, 9.17) is 26.8 Å². The second-order valence-electron chi connectivity index (χ2n) is 4.71. The van der Waals surface area contributed by atoms with Crippen molar-refractivity contribution in [1.82, 2.24) is 0 Å². The van der Waals surface area contributed by atoms with E-state index in [9.17, 15) is 4.79 Å². The number of nitrogens with two attached hydrogens (primary N) is 1. The zero-order valence-electron chi connectivity index (χ0n) is 11.7. The lowest BCUT2D eigenvalue weighted by Crippen LogP contribution is -2.25. The van der Waals surface area contributed by atoms with Crippen LogP contribution in [-0.2, 0) is 9.47 Å². The zero-order chi connectivity index (χ0) is 14.7. The first-order chi connectivity index (χ1) is 9.56. The van der Waals surface area contributed by atoms with Gasteiger partial charge in [0, 0.05) is 25.9 Å². The summed E-state index contributed by atoms with van der Waals surface area (Å²) in [4.78, 5) is 14.1. The third kappa shape index (κ3) is 2.99. The quantitative estimate of drug-likeness (QED) is 0.683. The standard InChI is InChI=1S/C14H19ClN2O3/c1-3-20-14(18)11-6-9(16)7-12(15)13(11)17-5-4-10(8-17)19-2/h6-7,10H,3-5,8,16H2,1-2H3. The van der Waals surface area contributed by atoms with Crippen molar-refractivity contribution in [3.05, 3.63) is 22.7 Å². The molecule has 1 aromatic carbocycles. The van der Waals surface area contributed by atoms with E-state index in [-0.39, 0.29) is 6.10 Å². The average Bonchev–Trinajstić information content (AvgIpc) is 2.86. The van der Waals surface area contributed by atoms with E-state index in [1.54, 1.807) is 26.2 Å². The number of carbonyl (C=O) groups excluding carboxylic acids is 1. The van der Waals surface area contributed by atoms with E-state index in [0.717, 1.165) is 13.0 Å². The van der Waals surface area contributed by atoms with Gasteiger partial charge in [-0.3, -0.25) is 0 Å². The van der Waals surface area contributed by atoms with Gasteiger partial charge in [-0.25, -0.2) is 4.79 Å². The molecule has 110 valence electrons. The Hall–Kier alpha value is -1.46. The summed E-state index contributed by atoms with van der Waals surface area (Å²) < 4.78 is 10.4. The number of nitrogens with zero attached hydrogens (tertiary/aromatic N) is 1. The Balaban J connectivity index is 2.38. The van der Waals surface area contributed by atoms with E-state index in [1.165, 1.54) is 0 Å². The monoisotopic (exact) mass is 298 g/mol. The van der Waals surface area contributed by atoms with Gasteiger partial charge in [0.25, 0.3) is 0 Å². The van der Waals surface area contributed by atoms with Gasteiger partial charge in [0.05, 0.1) is 29.0 Å². The Morgan fingerprint density at radius 2 is 2.30 bits per heavy atom. The molecule has 20 heavy (non-hydrogen) atoms. The Morgan fingerprint density at radius 3 is 2.90 bits per heavy atom. The molecule has 2 N–H and O–H groups in total. The van der Waals surface area contributed by atoms with Crippen molar-refractivity contribution in [1.29, 1.82) is 0 Å². The number of anilines is 2. The van der Waals surface area contributed by atoms with Gasteiger partial charge in [0.2, 0.25) is 0 Å². The van der Waals surface area contributed by atoms with Crippen LogP contribution in [0.3, 0.4) is 0 Å². The van der Waals surface area contributed by atoms with Crippen molar-refractivity contribution in [3.63, 3.8) is 0 Å². The lowest BCUT2D eigenvalue weighted by Gasteiger charge is -2.23. The summed E-state index contributed by atoms with van der Waals surface area (Å²) >= 11 is 6.28. The Morgan fingerprint density at radius 1 is 1.55 bits per heavy atom. The average molecular weight is 299 g/mol. The number of carbonyl (C=O) groups is 1. The highest BCUT2D eigenvalue weighted by Crippen LogP contribution is 2.35. The normalized spacial score (nSPS) is 18.4. The summed E-state index contributed by atoms with van der Waals surface area (Å²) in [5, 5.41) is 0.463. The highest BCUT2D eigenvalue weighted by Gasteiger charge is 2.28. The number of benzene rings is 1. The maximum atomic E-state index is 12.1. The predicted molar refractivity (Wildman–Crippen MR) is 79.4 cm³/mol. The van der Waals surface area contributed by atoms with Gasteiger partial charge >= 0.3 is 5.97 Å². The molecule has 1 unspecified atom stereocenters. The number of methoxy groups -OCH3 is 1. The number of halogens is 1. The molecule has 1 aliphatic rings. The van der Waals surface area contributed by atoms with Crippen LogP contribution in [0.5, 0.6) is 0 Å². The number of hydrogen-bond donors (Lipinski definition) is 1. The number of ether oxygens (including phenoxy) is 2. The Bertz CT molecular complexity index is 507. The first kappa shape index (κ1) is 14.9. The van der Waals surface area contributed by atoms with E-state index >= 15 is 0 Å². The first-order valence-electron chi connectivity index (χ1n) is 6.60. The third-order valence-corrected chi connectivity index (χ3v) is 3.66. The molecule has 1 fully saturated rings. The summed E-state index contributed by atoms with van der Waals surface area (Å²) in [6.45, 7) is 3.56. The van der Waals surface area contributed by atoms with Gasteiger partial charge in [0.1, 0.15) is 0 Å². The van der Waals surface area contributed by atoms with Crippen molar-refractivity contribution in [2.75, 3.05) is 37.4 Å². The van der Waals surface area contributed by atoms with Gasteiger partial charge in [-0.1, -0.05) is 11.6 Å². The smallest absolute Gasteiger partial charge is 0.340 e. The van der Waals surface area contributed by atoms with Crippen molar-refractivity contribution >= 4 is 28.9 Å². The maximum Gasteiger partial charge on any atom is 0.340 e. The molecular formula is C14H19ClN2O3. The van der Waals surface area contributed by atoms with Crippen LogP contribution in [0.25, 0.3) is 0 Å². The van der Waals surface area contributed by atoms with Crippen LogP contribution in [-0.4, -0.2) is 38.9 Å². The molecule has 5 nitrogen and oxygen atoms in total. The fourth-order valence-corrected chi connectivity index (χ4v) is 2.78. The van der Waals surface area contributed by atoms with Gasteiger partial charge < -0.3 is 20.1 Å². The predicted octanol–water partition coefficient (Wildman–Crippen LogP) is 2.32. The van der Waals surface area contributed by atoms with Crippen LogP contribution >= 0.6 is 11.6 Å². The molecule has 0 radical (unpaired) electrons. The molecule has 0 aromatic heterocycles. The molecule has 2 rings (SSSR count). The molecule has 1 heterocycles. The molecular weight excluding hydrogens is 280 g/mol. The second kappa shape index (κ2) is 6.33. The van der Waals surface area contributed by atoms with E-state index in [2.05, 4.69) is 0 Å². The van der Waals surface area contributed by atoms with Crippen molar-refractivity contribution in [3.8, 4) is 0 Å². The number of nitrogen functional groups attached to an aromatic ring is 1.